The number of rotatable bonds is 9. The average Bonchev–Trinajstić information content (AvgIpc) is 3.90. The van der Waals surface area contributed by atoms with E-state index in [-0.39, 0.29) is 0 Å². The fourth-order valence-electron chi connectivity index (χ4n) is 8.70. The first kappa shape index (κ1) is 35.9. The van der Waals surface area contributed by atoms with E-state index in [0.717, 1.165) is 95.0 Å². The van der Waals surface area contributed by atoms with Gasteiger partial charge < -0.3 is 14.4 Å². The summed E-state index contributed by atoms with van der Waals surface area (Å²) in [5.41, 5.74) is 16.2. The molecule has 0 aliphatic carbocycles. The highest BCUT2D eigenvalue weighted by atomic mass is 15.4. The lowest BCUT2D eigenvalue weighted by atomic mass is 10.0. The molecule has 61 heavy (non-hydrogen) atoms. The van der Waals surface area contributed by atoms with Gasteiger partial charge in [-0.1, -0.05) is 108 Å². The van der Waals surface area contributed by atoms with Crippen molar-refractivity contribution in [3.8, 4) is 22.5 Å². The molecule has 0 unspecified atom stereocenters. The Morgan fingerprint density at radius 3 is 1.39 bits per heavy atom. The van der Waals surface area contributed by atoms with Gasteiger partial charge in [-0.25, -0.2) is 4.68 Å². The van der Waals surface area contributed by atoms with E-state index in [1.165, 1.54) is 0 Å². The van der Waals surface area contributed by atoms with E-state index in [1.54, 1.807) is 0 Å². The molecule has 0 aliphatic rings. The van der Waals surface area contributed by atoms with Crippen LogP contribution >= 0.6 is 0 Å². The lowest BCUT2D eigenvalue weighted by molar-refractivity contribution is 0.819. The lowest BCUT2D eigenvalue weighted by Gasteiger charge is -2.26. The molecule has 2 heterocycles. The van der Waals surface area contributed by atoms with Crippen LogP contribution in [0.4, 0.5) is 34.1 Å². The van der Waals surface area contributed by atoms with Gasteiger partial charge in [0.15, 0.2) is 0 Å². The number of aromatic nitrogens is 4. The number of hydrogen-bond donors (Lipinski definition) is 0. The highest BCUT2D eigenvalue weighted by molar-refractivity contribution is 6.12. The Morgan fingerprint density at radius 2 is 0.869 bits per heavy atom. The van der Waals surface area contributed by atoms with Gasteiger partial charge in [-0.05, 0) is 145 Å². The second kappa shape index (κ2) is 15.2. The van der Waals surface area contributed by atoms with Crippen molar-refractivity contribution in [2.75, 3.05) is 9.80 Å². The lowest BCUT2D eigenvalue weighted by Crippen LogP contribution is -2.09. The van der Waals surface area contributed by atoms with Crippen LogP contribution in [-0.4, -0.2) is 19.6 Å². The third-order valence-corrected chi connectivity index (χ3v) is 11.5. The van der Waals surface area contributed by atoms with Gasteiger partial charge in [0.25, 0.3) is 0 Å². The summed E-state index contributed by atoms with van der Waals surface area (Å²) in [7, 11) is 0. The molecule has 0 saturated carbocycles. The number of benzene rings is 9. The fourth-order valence-corrected chi connectivity index (χ4v) is 8.70. The van der Waals surface area contributed by atoms with Crippen LogP contribution < -0.4 is 9.80 Å². The smallest absolute Gasteiger partial charge is 0.113 e. The van der Waals surface area contributed by atoms with Gasteiger partial charge in [-0.3, -0.25) is 0 Å². The van der Waals surface area contributed by atoms with Crippen LogP contribution in [0.5, 0.6) is 0 Å². The van der Waals surface area contributed by atoms with Crippen molar-refractivity contribution in [2.45, 2.75) is 6.92 Å². The molecular weight excluding hydrogens is 745 g/mol. The quantitative estimate of drug-likeness (QED) is 0.146. The molecule has 6 heteroatoms. The third kappa shape index (κ3) is 6.47. The molecule has 11 rings (SSSR count). The molecule has 6 nitrogen and oxygen atoms in total. The summed E-state index contributed by atoms with van der Waals surface area (Å²) in [6, 6.07) is 79.7. The molecule has 11 aromatic rings. The van der Waals surface area contributed by atoms with E-state index in [0.29, 0.717) is 0 Å². The molecule has 0 atom stereocenters. The molecule has 0 bridgehead atoms. The first-order valence-corrected chi connectivity index (χ1v) is 20.6. The summed E-state index contributed by atoms with van der Waals surface area (Å²) in [5, 5.41) is 11.2. The van der Waals surface area contributed by atoms with Gasteiger partial charge in [0.05, 0.1) is 22.2 Å². The summed E-state index contributed by atoms with van der Waals surface area (Å²) in [5.74, 6) is 0. The number of hydrogen-bond acceptors (Lipinski definition) is 4. The van der Waals surface area contributed by atoms with Crippen LogP contribution in [0.2, 0.25) is 0 Å². The van der Waals surface area contributed by atoms with E-state index in [1.807, 2.05) is 22.9 Å². The normalized spacial score (nSPS) is 11.4. The maximum Gasteiger partial charge on any atom is 0.113 e. The predicted molar refractivity (Wildman–Crippen MR) is 253 cm³/mol. The van der Waals surface area contributed by atoms with Gasteiger partial charge in [0.2, 0.25) is 0 Å². The molecule has 0 amide bonds. The predicted octanol–water partition coefficient (Wildman–Crippen LogP) is 14.4. The van der Waals surface area contributed by atoms with E-state index in [4.69, 9.17) is 0 Å². The summed E-state index contributed by atoms with van der Waals surface area (Å²) >= 11 is 0. The molecule has 2 aromatic heterocycles. The maximum absolute atomic E-state index is 4.49. The summed E-state index contributed by atoms with van der Waals surface area (Å²) in [6.07, 6.45) is 0. The SMILES string of the molecule is Cc1cc(-c2cccc(-n3c4ccc(N(c5ccccc5)c5ccccc5)cc4c4cc(N(c5ccccc5)c5ccccc5)ccc43)c2)ccc1-n1nnc2ccccc21. The summed E-state index contributed by atoms with van der Waals surface area (Å²) < 4.78 is 4.34. The van der Waals surface area contributed by atoms with E-state index in [2.05, 4.69) is 238 Å². The second-order valence-electron chi connectivity index (χ2n) is 15.3. The molecule has 0 spiro atoms. The first-order chi connectivity index (χ1) is 30.2. The third-order valence-electron chi connectivity index (χ3n) is 11.5. The molecule has 9 aromatic carbocycles. The monoisotopic (exact) mass is 784 g/mol. The Hall–Kier alpha value is -8.22. The van der Waals surface area contributed by atoms with Crippen LogP contribution in [0.3, 0.4) is 0 Å². The summed E-state index contributed by atoms with van der Waals surface area (Å²) in [6.45, 7) is 2.14. The van der Waals surface area contributed by atoms with Crippen LogP contribution in [0.25, 0.3) is 55.3 Å². The summed E-state index contributed by atoms with van der Waals surface area (Å²) in [4.78, 5) is 4.67. The molecule has 0 radical (unpaired) electrons. The van der Waals surface area contributed by atoms with Gasteiger partial charge in [-0.2, -0.15) is 0 Å². The minimum absolute atomic E-state index is 0.879. The maximum atomic E-state index is 4.49. The van der Waals surface area contributed by atoms with Gasteiger partial charge in [0, 0.05) is 50.6 Å². The average molecular weight is 785 g/mol. The molecule has 0 N–H and O–H groups in total. The Kier molecular flexibility index (Phi) is 8.94. The van der Waals surface area contributed by atoms with Crippen molar-refractivity contribution in [1.29, 1.82) is 0 Å². The fraction of sp³-hybridized carbons (Fsp3) is 0.0182. The van der Waals surface area contributed by atoms with E-state index >= 15 is 0 Å². The van der Waals surface area contributed by atoms with Crippen molar-refractivity contribution in [2.24, 2.45) is 0 Å². The largest absolute Gasteiger partial charge is 0.310 e. The minimum atomic E-state index is 0.879. The topological polar surface area (TPSA) is 42.1 Å². The number of nitrogens with zero attached hydrogens (tertiary/aromatic N) is 6. The van der Waals surface area contributed by atoms with Crippen molar-refractivity contribution >= 4 is 67.0 Å². The van der Waals surface area contributed by atoms with Crippen molar-refractivity contribution in [3.63, 3.8) is 0 Å². The zero-order valence-electron chi connectivity index (χ0n) is 33.5. The highest BCUT2D eigenvalue weighted by Crippen LogP contribution is 2.43. The molecule has 0 saturated heterocycles. The molecule has 0 fully saturated rings. The van der Waals surface area contributed by atoms with Gasteiger partial charge in [-0.15, -0.1) is 5.10 Å². The van der Waals surface area contributed by atoms with Crippen LogP contribution in [0.1, 0.15) is 5.56 Å². The zero-order valence-corrected chi connectivity index (χ0v) is 33.5. The van der Waals surface area contributed by atoms with Crippen LogP contribution in [0.15, 0.2) is 224 Å². The standard InChI is InChI=1S/C55H40N6/c1-39-35-41(29-32-52(39)61-55-28-15-14-27-51(55)56-57-61)40-17-16-26-46(36-40)60-53-33-30-47(58(42-18-6-2-7-19-42)43-20-8-3-9-21-43)37-49(53)50-38-48(31-34-54(50)60)59(44-22-10-4-11-23-44)45-24-12-5-13-25-45/h2-38H,1H3. The first-order valence-electron chi connectivity index (χ1n) is 20.6. The Balaban J connectivity index is 1.09. The van der Waals surface area contributed by atoms with Crippen molar-refractivity contribution in [1.82, 2.24) is 19.6 Å². The van der Waals surface area contributed by atoms with Crippen molar-refractivity contribution < 1.29 is 0 Å². The Morgan fingerprint density at radius 1 is 0.377 bits per heavy atom. The van der Waals surface area contributed by atoms with Gasteiger partial charge >= 0.3 is 0 Å². The number of anilines is 6. The molecular formula is C55H40N6. The van der Waals surface area contributed by atoms with Gasteiger partial charge in [0.1, 0.15) is 5.52 Å². The van der Waals surface area contributed by atoms with Crippen molar-refractivity contribution in [3.05, 3.63) is 230 Å². The number of para-hydroxylation sites is 5. The van der Waals surface area contributed by atoms with E-state index in [9.17, 15) is 0 Å². The number of fused-ring (bicyclic) bond motifs is 4. The highest BCUT2D eigenvalue weighted by Gasteiger charge is 2.20. The van der Waals surface area contributed by atoms with Crippen LogP contribution in [0, 0.1) is 6.92 Å². The second-order valence-corrected chi connectivity index (χ2v) is 15.3. The minimum Gasteiger partial charge on any atom is -0.310 e. The zero-order chi connectivity index (χ0) is 40.7. The Labute approximate surface area is 354 Å². The van der Waals surface area contributed by atoms with Crippen LogP contribution in [-0.2, 0) is 0 Å². The van der Waals surface area contributed by atoms with E-state index < -0.39 is 0 Å². The number of aryl methyl sites for hydroxylation is 1. The molecule has 0 aliphatic heterocycles. The molecule has 290 valence electrons. The Bertz CT molecular complexity index is 3100.